The monoisotopic (exact) mass is 323 g/mol. The zero-order valence-corrected chi connectivity index (χ0v) is 12.1. The van der Waals surface area contributed by atoms with E-state index >= 15 is 0 Å². The molecular formula is C17H10BrNO. The number of ketones is 1. The van der Waals surface area contributed by atoms with Crippen LogP contribution in [0.3, 0.4) is 0 Å². The number of hydrogen-bond donors (Lipinski definition) is 1. The third-order valence-corrected chi connectivity index (χ3v) is 4.67. The average molecular weight is 324 g/mol. The highest BCUT2D eigenvalue weighted by Crippen LogP contribution is 2.45. The molecule has 96 valence electrons. The van der Waals surface area contributed by atoms with Gasteiger partial charge in [-0.2, -0.15) is 0 Å². The molecule has 0 bridgehead atoms. The predicted molar refractivity (Wildman–Crippen MR) is 84.9 cm³/mol. The maximum atomic E-state index is 12.6. The molecule has 0 radical (unpaired) electrons. The molecular weight excluding hydrogens is 314 g/mol. The molecule has 0 saturated heterocycles. The van der Waals surface area contributed by atoms with E-state index in [1.807, 2.05) is 48.5 Å². The van der Waals surface area contributed by atoms with Crippen LogP contribution in [0.2, 0.25) is 0 Å². The normalized spacial score (nSPS) is 12.6. The zero-order chi connectivity index (χ0) is 13.9. The molecule has 0 heterocycles. The van der Waals surface area contributed by atoms with Crippen molar-refractivity contribution in [3.05, 3.63) is 64.1 Å². The van der Waals surface area contributed by atoms with Crippen molar-refractivity contribution in [2.45, 2.75) is 0 Å². The number of rotatable bonds is 0. The molecule has 0 saturated carbocycles. The molecule has 1 aliphatic carbocycles. The number of hydrogen-bond acceptors (Lipinski definition) is 2. The van der Waals surface area contributed by atoms with Crippen molar-refractivity contribution < 1.29 is 4.79 Å². The molecule has 2 nitrogen and oxygen atoms in total. The van der Waals surface area contributed by atoms with Crippen molar-refractivity contribution in [3.63, 3.8) is 0 Å². The van der Waals surface area contributed by atoms with Crippen molar-refractivity contribution in [3.8, 4) is 11.1 Å². The lowest BCUT2D eigenvalue weighted by Gasteiger charge is -2.21. The minimum Gasteiger partial charge on any atom is -0.398 e. The van der Waals surface area contributed by atoms with Gasteiger partial charge in [0.15, 0.2) is 5.78 Å². The number of nitrogens with two attached hydrogens (primary N) is 1. The summed E-state index contributed by atoms with van der Waals surface area (Å²) in [4.78, 5) is 12.6. The number of carbonyl (C=O) groups is 1. The predicted octanol–water partition coefficient (Wildman–Crippen LogP) is 4.40. The number of benzene rings is 3. The van der Waals surface area contributed by atoms with Gasteiger partial charge in [-0.1, -0.05) is 42.5 Å². The van der Waals surface area contributed by atoms with E-state index in [1.165, 1.54) is 0 Å². The highest BCUT2D eigenvalue weighted by Gasteiger charge is 2.27. The Bertz CT molecular complexity index is 899. The molecule has 3 aromatic carbocycles. The summed E-state index contributed by atoms with van der Waals surface area (Å²) in [5, 5.41) is 1.98. The highest BCUT2D eigenvalue weighted by molar-refractivity contribution is 9.10. The SMILES string of the molecule is Nc1cc2cccc3c2c(c1Br)-c1ccccc1C3=O. The summed E-state index contributed by atoms with van der Waals surface area (Å²) in [6, 6.07) is 15.4. The summed E-state index contributed by atoms with van der Waals surface area (Å²) in [6.45, 7) is 0. The lowest BCUT2D eigenvalue weighted by atomic mass is 9.82. The van der Waals surface area contributed by atoms with Crippen LogP contribution in [-0.2, 0) is 0 Å². The van der Waals surface area contributed by atoms with Crippen molar-refractivity contribution in [1.82, 2.24) is 0 Å². The van der Waals surface area contributed by atoms with Crippen LogP contribution in [0.15, 0.2) is 53.0 Å². The minimum atomic E-state index is 0.0790. The van der Waals surface area contributed by atoms with Crippen LogP contribution >= 0.6 is 15.9 Å². The van der Waals surface area contributed by atoms with Gasteiger partial charge in [0.25, 0.3) is 0 Å². The average Bonchev–Trinajstić information content (AvgIpc) is 2.47. The van der Waals surface area contributed by atoms with E-state index in [9.17, 15) is 4.79 Å². The topological polar surface area (TPSA) is 43.1 Å². The Hall–Kier alpha value is -2.13. The van der Waals surface area contributed by atoms with Crippen LogP contribution in [0.25, 0.3) is 21.9 Å². The van der Waals surface area contributed by atoms with Crippen LogP contribution in [0.4, 0.5) is 5.69 Å². The first-order valence-electron chi connectivity index (χ1n) is 6.33. The Kier molecular flexibility index (Phi) is 2.30. The van der Waals surface area contributed by atoms with Crippen LogP contribution in [0.5, 0.6) is 0 Å². The number of anilines is 1. The van der Waals surface area contributed by atoms with Gasteiger partial charge >= 0.3 is 0 Å². The molecule has 4 rings (SSSR count). The molecule has 3 heteroatoms. The minimum absolute atomic E-state index is 0.0790. The summed E-state index contributed by atoms with van der Waals surface area (Å²) in [5.41, 5.74) is 10.2. The molecule has 0 aromatic heterocycles. The molecule has 0 unspecified atom stereocenters. The largest absolute Gasteiger partial charge is 0.398 e. The van der Waals surface area contributed by atoms with E-state index in [0.717, 1.165) is 37.5 Å². The van der Waals surface area contributed by atoms with Gasteiger partial charge in [-0.05, 0) is 32.9 Å². The number of fused-ring (bicyclic) bond motifs is 2. The molecule has 1 aliphatic rings. The quantitative estimate of drug-likeness (QED) is 0.487. The smallest absolute Gasteiger partial charge is 0.194 e. The maximum absolute atomic E-state index is 12.6. The highest BCUT2D eigenvalue weighted by atomic mass is 79.9. The van der Waals surface area contributed by atoms with Crippen LogP contribution < -0.4 is 5.73 Å². The van der Waals surface area contributed by atoms with Crippen molar-refractivity contribution in [2.75, 3.05) is 5.73 Å². The first-order chi connectivity index (χ1) is 9.68. The summed E-state index contributed by atoms with van der Waals surface area (Å²) < 4.78 is 0.859. The third kappa shape index (κ3) is 1.36. The Morgan fingerprint density at radius 3 is 2.40 bits per heavy atom. The maximum Gasteiger partial charge on any atom is 0.194 e. The van der Waals surface area contributed by atoms with E-state index in [2.05, 4.69) is 15.9 Å². The van der Waals surface area contributed by atoms with Gasteiger partial charge in [0.05, 0.1) is 0 Å². The molecule has 0 spiro atoms. The van der Waals surface area contributed by atoms with Gasteiger partial charge < -0.3 is 5.73 Å². The molecule has 0 amide bonds. The second kappa shape index (κ2) is 3.93. The van der Waals surface area contributed by atoms with Crippen LogP contribution in [0, 0.1) is 0 Å². The van der Waals surface area contributed by atoms with E-state index in [4.69, 9.17) is 5.73 Å². The Balaban J connectivity index is 2.32. The summed E-state index contributed by atoms with van der Waals surface area (Å²) in [6.07, 6.45) is 0. The fourth-order valence-electron chi connectivity index (χ4n) is 2.94. The van der Waals surface area contributed by atoms with Crippen molar-refractivity contribution >= 4 is 38.2 Å². The van der Waals surface area contributed by atoms with Crippen LogP contribution in [-0.4, -0.2) is 5.78 Å². The van der Waals surface area contributed by atoms with E-state index in [-0.39, 0.29) is 5.78 Å². The van der Waals surface area contributed by atoms with Gasteiger partial charge in [0, 0.05) is 32.2 Å². The molecule has 0 fully saturated rings. The molecule has 0 atom stereocenters. The molecule has 2 N–H and O–H groups in total. The Morgan fingerprint density at radius 1 is 0.900 bits per heavy atom. The standard InChI is InChI=1S/C17H10BrNO/c18-16-13(19)8-9-4-3-7-12-14(9)15(16)10-5-1-2-6-11(10)17(12)20/h1-8H,19H2. The Labute approximate surface area is 124 Å². The molecule has 20 heavy (non-hydrogen) atoms. The summed E-state index contributed by atoms with van der Waals surface area (Å²) in [5.74, 6) is 0.0790. The first kappa shape index (κ1) is 11.7. The van der Waals surface area contributed by atoms with Gasteiger partial charge in [0.2, 0.25) is 0 Å². The molecule has 3 aromatic rings. The number of halogens is 1. The first-order valence-corrected chi connectivity index (χ1v) is 7.12. The summed E-state index contributed by atoms with van der Waals surface area (Å²) in [7, 11) is 0. The van der Waals surface area contributed by atoms with Crippen molar-refractivity contribution in [2.24, 2.45) is 0 Å². The lowest BCUT2D eigenvalue weighted by molar-refractivity contribution is 0.104. The van der Waals surface area contributed by atoms with Gasteiger partial charge in [-0.25, -0.2) is 0 Å². The summed E-state index contributed by atoms with van der Waals surface area (Å²) >= 11 is 3.58. The van der Waals surface area contributed by atoms with E-state index in [1.54, 1.807) is 0 Å². The van der Waals surface area contributed by atoms with Gasteiger partial charge in [-0.15, -0.1) is 0 Å². The fourth-order valence-corrected chi connectivity index (χ4v) is 3.47. The van der Waals surface area contributed by atoms with Gasteiger partial charge in [0.1, 0.15) is 0 Å². The third-order valence-electron chi connectivity index (χ3n) is 3.82. The number of nitrogen functional groups attached to an aromatic ring is 1. The zero-order valence-electron chi connectivity index (χ0n) is 10.5. The number of carbonyl (C=O) groups excluding carboxylic acids is 1. The second-order valence-electron chi connectivity index (χ2n) is 4.93. The Morgan fingerprint density at radius 2 is 1.60 bits per heavy atom. The van der Waals surface area contributed by atoms with Crippen molar-refractivity contribution in [1.29, 1.82) is 0 Å². The van der Waals surface area contributed by atoms with E-state index in [0.29, 0.717) is 5.69 Å². The van der Waals surface area contributed by atoms with E-state index < -0.39 is 0 Å². The molecule has 0 aliphatic heterocycles. The van der Waals surface area contributed by atoms with Gasteiger partial charge in [-0.3, -0.25) is 4.79 Å². The fraction of sp³-hybridized carbons (Fsp3) is 0. The lowest BCUT2D eigenvalue weighted by Crippen LogP contribution is -2.10. The second-order valence-corrected chi connectivity index (χ2v) is 5.73. The van der Waals surface area contributed by atoms with Crippen LogP contribution in [0.1, 0.15) is 15.9 Å².